The van der Waals surface area contributed by atoms with Gasteiger partial charge in [0.05, 0.1) is 41.1 Å². The monoisotopic (exact) mass is 538 g/mol. The molecule has 1 aliphatic rings. The van der Waals surface area contributed by atoms with E-state index in [1.165, 1.54) is 35.5 Å². The molecule has 4 rings (SSSR count). The lowest BCUT2D eigenvalue weighted by molar-refractivity contribution is -0.107. The fourth-order valence-corrected chi connectivity index (χ4v) is 5.19. The lowest BCUT2D eigenvalue weighted by atomic mass is 9.73. The van der Waals surface area contributed by atoms with E-state index in [2.05, 4.69) is 0 Å². The highest BCUT2D eigenvalue weighted by Crippen LogP contribution is 2.58. The maximum atomic E-state index is 13.4. The van der Waals surface area contributed by atoms with Crippen LogP contribution in [0.1, 0.15) is 41.4 Å². The van der Waals surface area contributed by atoms with Crippen LogP contribution in [0.4, 0.5) is 0 Å². The second-order valence-electron chi connectivity index (χ2n) is 9.59. The van der Waals surface area contributed by atoms with E-state index in [1.54, 1.807) is 49.4 Å². The molecule has 0 bridgehead atoms. The average Bonchev–Trinajstić information content (AvgIpc) is 2.94. The number of ether oxygens (including phenoxy) is 6. The highest BCUT2D eigenvalue weighted by atomic mass is 16.6. The molecule has 9 heteroatoms. The first-order chi connectivity index (χ1) is 18.6. The first-order valence-corrected chi connectivity index (χ1v) is 12.4. The molecule has 0 spiro atoms. The van der Waals surface area contributed by atoms with Crippen molar-refractivity contribution in [3.8, 4) is 45.6 Å². The van der Waals surface area contributed by atoms with Crippen molar-refractivity contribution < 1.29 is 43.4 Å². The van der Waals surface area contributed by atoms with Gasteiger partial charge in [-0.3, -0.25) is 0 Å². The molecule has 0 radical (unpaired) electrons. The van der Waals surface area contributed by atoms with E-state index in [4.69, 9.17) is 28.4 Å². The quantitative estimate of drug-likeness (QED) is 0.404. The Kier molecular flexibility index (Phi) is 7.83. The highest BCUT2D eigenvalue weighted by molar-refractivity contribution is 5.91. The van der Waals surface area contributed by atoms with Crippen LogP contribution in [-0.2, 0) is 11.2 Å². The number of fused-ring (bicyclic) bond motifs is 3. The highest BCUT2D eigenvalue weighted by Gasteiger charge is 2.46. The third kappa shape index (κ3) is 4.67. The molecule has 0 fully saturated rings. The molecule has 1 unspecified atom stereocenters. The van der Waals surface area contributed by atoms with Gasteiger partial charge in [0.15, 0.2) is 29.1 Å². The van der Waals surface area contributed by atoms with Gasteiger partial charge in [-0.25, -0.2) is 4.79 Å². The summed E-state index contributed by atoms with van der Waals surface area (Å²) in [5.41, 5.74) is 0.822. The van der Waals surface area contributed by atoms with Gasteiger partial charge in [0.25, 0.3) is 0 Å². The van der Waals surface area contributed by atoms with Crippen LogP contribution in [0.15, 0.2) is 42.5 Å². The number of methoxy groups -OCH3 is 5. The van der Waals surface area contributed by atoms with Crippen molar-refractivity contribution >= 4 is 5.97 Å². The molecule has 1 aliphatic carbocycles. The molecule has 0 amide bonds. The first kappa shape index (κ1) is 27.9. The van der Waals surface area contributed by atoms with E-state index in [1.807, 2.05) is 6.92 Å². The van der Waals surface area contributed by atoms with Crippen molar-refractivity contribution in [1.29, 1.82) is 0 Å². The van der Waals surface area contributed by atoms with Crippen molar-refractivity contribution in [2.75, 3.05) is 35.5 Å². The number of hydrogen-bond donors (Lipinski definition) is 2. The largest absolute Gasteiger partial charge is 0.504 e. The standard InChI is InChI=1S/C30H34O9/c1-16-13-18-14-20(31)24(35-4)26(37-6)22(18)23-19(15-21(34-3)25(36-5)27(23)38-7)28(30(16,2)33)39-29(32)17-11-9-8-10-12-17/h8-12,14-16,28,31,33H,13H2,1-7H3/t16?,28-,30-/m0/s1. The van der Waals surface area contributed by atoms with Gasteiger partial charge in [0.2, 0.25) is 11.5 Å². The summed E-state index contributed by atoms with van der Waals surface area (Å²) in [6, 6.07) is 11.8. The van der Waals surface area contributed by atoms with Crippen LogP contribution in [0.25, 0.3) is 11.1 Å². The lowest BCUT2D eigenvalue weighted by Crippen LogP contribution is -2.43. The summed E-state index contributed by atoms with van der Waals surface area (Å²) < 4.78 is 34.6. The fraction of sp³-hybridized carbons (Fsp3) is 0.367. The van der Waals surface area contributed by atoms with Gasteiger partial charge >= 0.3 is 5.97 Å². The lowest BCUT2D eigenvalue weighted by Gasteiger charge is -2.41. The van der Waals surface area contributed by atoms with Crippen LogP contribution in [0.2, 0.25) is 0 Å². The maximum absolute atomic E-state index is 13.4. The van der Waals surface area contributed by atoms with Crippen LogP contribution < -0.4 is 23.7 Å². The third-order valence-electron chi connectivity index (χ3n) is 7.39. The van der Waals surface area contributed by atoms with E-state index in [-0.39, 0.29) is 23.0 Å². The predicted molar refractivity (Wildman–Crippen MR) is 144 cm³/mol. The number of hydrogen-bond acceptors (Lipinski definition) is 9. The number of benzene rings is 3. The zero-order valence-electron chi connectivity index (χ0n) is 23.2. The number of aliphatic hydroxyl groups is 1. The maximum Gasteiger partial charge on any atom is 0.338 e. The van der Waals surface area contributed by atoms with E-state index in [0.29, 0.717) is 45.7 Å². The molecule has 208 valence electrons. The summed E-state index contributed by atoms with van der Waals surface area (Å²) >= 11 is 0. The Labute approximate surface area is 227 Å². The van der Waals surface area contributed by atoms with E-state index < -0.39 is 23.6 Å². The molecular weight excluding hydrogens is 504 g/mol. The molecule has 0 saturated heterocycles. The smallest absolute Gasteiger partial charge is 0.338 e. The van der Waals surface area contributed by atoms with E-state index in [9.17, 15) is 15.0 Å². The summed E-state index contributed by atoms with van der Waals surface area (Å²) in [7, 11) is 7.34. The molecule has 0 saturated carbocycles. The zero-order chi connectivity index (χ0) is 28.5. The summed E-state index contributed by atoms with van der Waals surface area (Å²) in [4.78, 5) is 13.4. The minimum absolute atomic E-state index is 0.117. The normalized spacial score (nSPS) is 20.0. The Morgan fingerprint density at radius 2 is 1.44 bits per heavy atom. The van der Waals surface area contributed by atoms with Crippen LogP contribution in [0.3, 0.4) is 0 Å². The minimum atomic E-state index is -1.57. The number of phenols is 1. The van der Waals surface area contributed by atoms with Crippen molar-refractivity contribution in [1.82, 2.24) is 0 Å². The van der Waals surface area contributed by atoms with Gasteiger partial charge in [0.1, 0.15) is 5.60 Å². The molecule has 39 heavy (non-hydrogen) atoms. The molecule has 3 aromatic carbocycles. The van der Waals surface area contributed by atoms with Gasteiger partial charge in [-0.1, -0.05) is 25.1 Å². The average molecular weight is 539 g/mol. The van der Waals surface area contributed by atoms with Crippen molar-refractivity contribution in [2.24, 2.45) is 5.92 Å². The van der Waals surface area contributed by atoms with E-state index in [0.717, 1.165) is 0 Å². The molecule has 0 aromatic heterocycles. The molecule has 3 aromatic rings. The van der Waals surface area contributed by atoms with Crippen molar-refractivity contribution in [2.45, 2.75) is 32.0 Å². The molecule has 0 heterocycles. The Morgan fingerprint density at radius 3 is 2.00 bits per heavy atom. The molecular formula is C30H34O9. The Hall–Kier alpha value is -4.11. The van der Waals surface area contributed by atoms with Crippen molar-refractivity contribution in [3.05, 3.63) is 59.2 Å². The summed E-state index contributed by atoms with van der Waals surface area (Å²) in [5, 5.41) is 22.8. The third-order valence-corrected chi connectivity index (χ3v) is 7.39. The summed E-state index contributed by atoms with van der Waals surface area (Å²) in [6.07, 6.45) is -0.867. The van der Waals surface area contributed by atoms with Crippen molar-refractivity contribution in [3.63, 3.8) is 0 Å². The van der Waals surface area contributed by atoms with Gasteiger partial charge < -0.3 is 38.6 Å². The molecule has 9 nitrogen and oxygen atoms in total. The zero-order valence-corrected chi connectivity index (χ0v) is 23.2. The molecule has 3 atom stereocenters. The minimum Gasteiger partial charge on any atom is -0.504 e. The SMILES string of the molecule is COc1cc2c(c(OC)c1OC)-c1c(cc(O)c(OC)c1OC)CC(C)[C@](C)(O)[C@H]2OC(=O)c1ccccc1. The second-order valence-corrected chi connectivity index (χ2v) is 9.59. The summed E-state index contributed by atoms with van der Waals surface area (Å²) in [6.45, 7) is 3.48. The Balaban J connectivity index is 2.14. The number of rotatable bonds is 7. The van der Waals surface area contributed by atoms with Gasteiger partial charge in [-0.2, -0.15) is 0 Å². The summed E-state index contributed by atoms with van der Waals surface area (Å²) in [5.74, 6) is 0.0690. The van der Waals surface area contributed by atoms with E-state index >= 15 is 0 Å². The molecule has 0 aliphatic heterocycles. The van der Waals surface area contributed by atoms with Crippen LogP contribution >= 0.6 is 0 Å². The van der Waals surface area contributed by atoms with Crippen LogP contribution in [0, 0.1) is 5.92 Å². The van der Waals surface area contributed by atoms with Crippen LogP contribution in [-0.4, -0.2) is 57.3 Å². The van der Waals surface area contributed by atoms with Crippen LogP contribution in [0.5, 0.6) is 34.5 Å². The number of carbonyl (C=O) groups excluding carboxylic acids is 1. The number of carbonyl (C=O) groups is 1. The number of phenolic OH excluding ortho intramolecular Hbond substituents is 1. The number of esters is 1. The van der Waals surface area contributed by atoms with Gasteiger partial charge in [-0.05, 0) is 49.1 Å². The topological polar surface area (TPSA) is 113 Å². The first-order valence-electron chi connectivity index (χ1n) is 12.4. The number of aromatic hydroxyl groups is 1. The second kappa shape index (κ2) is 10.9. The Morgan fingerprint density at radius 1 is 0.846 bits per heavy atom. The Bertz CT molecular complexity index is 1370. The predicted octanol–water partition coefficient (Wildman–Crippen LogP) is 4.94. The molecule has 2 N–H and O–H groups in total. The fourth-order valence-electron chi connectivity index (χ4n) is 5.19. The van der Waals surface area contributed by atoms with Gasteiger partial charge in [-0.15, -0.1) is 0 Å². The van der Waals surface area contributed by atoms with Gasteiger partial charge in [0, 0.05) is 16.7 Å².